The number of hydrazone groups is 1. The number of nitrogens with zero attached hydrogens (tertiary/aromatic N) is 2. The number of rotatable bonds is 2. The van der Waals surface area contributed by atoms with E-state index in [1.807, 2.05) is 0 Å². The Bertz CT molecular complexity index is 649. The molecule has 1 aliphatic rings. The monoisotopic (exact) mass is 392 g/mol. The van der Waals surface area contributed by atoms with E-state index in [0.717, 1.165) is 6.42 Å². The van der Waals surface area contributed by atoms with E-state index in [-0.39, 0.29) is 24.0 Å². The lowest BCUT2D eigenvalue weighted by Crippen LogP contribution is -3.00. The maximum Gasteiger partial charge on any atom is 0.215 e. The fraction of sp³-hybridized carbons (Fsp3) is 0.278. The molecule has 0 fully saturated rings. The largest absolute Gasteiger partial charge is 1.00 e. The smallest absolute Gasteiger partial charge is 0.215 e. The molecule has 21 heavy (non-hydrogen) atoms. The SMILES string of the molecule is Cc1cccc(C2CC(c3ccccc3)=[N+](C)N2C)c1.[I-]. The Morgan fingerprint density at radius 2 is 1.76 bits per heavy atom. The maximum absolute atomic E-state index is 2.33. The molecule has 110 valence electrons. The molecule has 0 amide bonds. The number of benzene rings is 2. The minimum atomic E-state index is 0. The average molecular weight is 392 g/mol. The van der Waals surface area contributed by atoms with Crippen LogP contribution < -0.4 is 24.0 Å². The summed E-state index contributed by atoms with van der Waals surface area (Å²) in [6.07, 6.45) is 1.06. The molecular formula is C18H21IN2. The Labute approximate surface area is 144 Å². The molecule has 1 aliphatic heterocycles. The van der Waals surface area contributed by atoms with Crippen LogP contribution in [0.4, 0.5) is 0 Å². The second-order valence-electron chi connectivity index (χ2n) is 5.54. The van der Waals surface area contributed by atoms with Crippen LogP contribution in [0.5, 0.6) is 0 Å². The average Bonchev–Trinajstić information content (AvgIpc) is 2.76. The van der Waals surface area contributed by atoms with Crippen LogP contribution in [0, 0.1) is 6.92 Å². The van der Waals surface area contributed by atoms with Gasteiger partial charge < -0.3 is 24.0 Å². The number of hydrogen-bond acceptors (Lipinski definition) is 1. The summed E-state index contributed by atoms with van der Waals surface area (Å²) in [7, 11) is 4.32. The van der Waals surface area contributed by atoms with Crippen molar-refractivity contribution in [3.63, 3.8) is 0 Å². The Balaban J connectivity index is 0.00000161. The maximum atomic E-state index is 2.33. The molecular weight excluding hydrogens is 371 g/mol. The second kappa shape index (κ2) is 6.60. The lowest BCUT2D eigenvalue weighted by molar-refractivity contribution is -0.660. The summed E-state index contributed by atoms with van der Waals surface area (Å²) in [4.78, 5) is 0. The summed E-state index contributed by atoms with van der Waals surface area (Å²) >= 11 is 0. The van der Waals surface area contributed by atoms with Crippen LogP contribution in [0.3, 0.4) is 0 Å². The van der Waals surface area contributed by atoms with Gasteiger partial charge in [0.15, 0.2) is 7.05 Å². The van der Waals surface area contributed by atoms with Gasteiger partial charge in [0, 0.05) is 5.56 Å². The molecule has 0 spiro atoms. The molecule has 1 atom stereocenters. The highest BCUT2D eigenvalue weighted by Gasteiger charge is 2.36. The van der Waals surface area contributed by atoms with Gasteiger partial charge in [-0.1, -0.05) is 48.0 Å². The van der Waals surface area contributed by atoms with E-state index < -0.39 is 0 Å². The summed E-state index contributed by atoms with van der Waals surface area (Å²) in [6.45, 7) is 2.16. The van der Waals surface area contributed by atoms with Crippen LogP contribution in [0.15, 0.2) is 54.6 Å². The predicted octanol–water partition coefficient (Wildman–Crippen LogP) is 0.422. The lowest BCUT2D eigenvalue weighted by Gasteiger charge is -2.17. The molecule has 1 heterocycles. The summed E-state index contributed by atoms with van der Waals surface area (Å²) in [5, 5.41) is 2.33. The third kappa shape index (κ3) is 3.12. The van der Waals surface area contributed by atoms with Crippen LogP contribution in [0.2, 0.25) is 0 Å². The minimum Gasteiger partial charge on any atom is -1.00 e. The van der Waals surface area contributed by atoms with Gasteiger partial charge in [0.1, 0.15) is 6.04 Å². The van der Waals surface area contributed by atoms with Gasteiger partial charge in [-0.05, 0) is 24.6 Å². The van der Waals surface area contributed by atoms with Crippen LogP contribution in [-0.4, -0.2) is 29.5 Å². The Kier molecular flexibility index (Phi) is 5.04. The zero-order valence-electron chi connectivity index (χ0n) is 12.8. The van der Waals surface area contributed by atoms with E-state index in [1.165, 1.54) is 22.4 Å². The molecule has 0 aliphatic carbocycles. The highest BCUT2D eigenvalue weighted by molar-refractivity contribution is 5.97. The zero-order chi connectivity index (χ0) is 14.1. The molecule has 1 unspecified atom stereocenters. The van der Waals surface area contributed by atoms with Gasteiger partial charge in [-0.3, -0.25) is 0 Å². The van der Waals surface area contributed by atoms with E-state index in [4.69, 9.17) is 0 Å². The quantitative estimate of drug-likeness (QED) is 0.531. The van der Waals surface area contributed by atoms with Crippen molar-refractivity contribution >= 4 is 5.71 Å². The highest BCUT2D eigenvalue weighted by atomic mass is 127. The first-order valence-electron chi connectivity index (χ1n) is 7.11. The zero-order valence-corrected chi connectivity index (χ0v) is 14.9. The summed E-state index contributed by atoms with van der Waals surface area (Å²) in [5.41, 5.74) is 5.42. The van der Waals surface area contributed by atoms with Gasteiger partial charge in [-0.2, -0.15) is 5.01 Å². The van der Waals surface area contributed by atoms with Crippen molar-refractivity contribution in [2.45, 2.75) is 19.4 Å². The van der Waals surface area contributed by atoms with Crippen molar-refractivity contribution < 1.29 is 28.7 Å². The standard InChI is InChI=1S/C18H21N2.HI/c1-14-8-7-11-16(12-14)18-13-17(19(2)20(18)3)15-9-5-4-6-10-15;/h4-12,18H,13H2,1-3H3;1H/q+1;/p-1. The number of hydrogen-bond donors (Lipinski definition) is 0. The highest BCUT2D eigenvalue weighted by Crippen LogP contribution is 2.30. The molecule has 3 rings (SSSR count). The summed E-state index contributed by atoms with van der Waals surface area (Å²) in [6, 6.07) is 19.9. The molecule has 0 radical (unpaired) electrons. The minimum absolute atomic E-state index is 0. The fourth-order valence-electron chi connectivity index (χ4n) is 2.99. The Hall–Kier alpha value is -1.36. The predicted molar refractivity (Wildman–Crippen MR) is 83.0 cm³/mol. The molecule has 0 aromatic heterocycles. The molecule has 2 nitrogen and oxygen atoms in total. The van der Waals surface area contributed by atoms with Crippen LogP contribution in [0.1, 0.15) is 29.2 Å². The first-order chi connectivity index (χ1) is 9.66. The normalized spacial score (nSPS) is 17.9. The summed E-state index contributed by atoms with van der Waals surface area (Å²) in [5.74, 6) is 0. The molecule has 2 aromatic carbocycles. The van der Waals surface area contributed by atoms with E-state index in [9.17, 15) is 0 Å². The van der Waals surface area contributed by atoms with Crippen molar-refractivity contribution in [1.82, 2.24) is 5.01 Å². The van der Waals surface area contributed by atoms with E-state index in [0.29, 0.717) is 6.04 Å². The van der Waals surface area contributed by atoms with Crippen LogP contribution in [0.25, 0.3) is 0 Å². The van der Waals surface area contributed by atoms with E-state index >= 15 is 0 Å². The Morgan fingerprint density at radius 1 is 1.05 bits per heavy atom. The van der Waals surface area contributed by atoms with Crippen molar-refractivity contribution in [1.29, 1.82) is 0 Å². The van der Waals surface area contributed by atoms with Gasteiger partial charge in [-0.25, -0.2) is 0 Å². The van der Waals surface area contributed by atoms with Gasteiger partial charge in [0.05, 0.1) is 13.5 Å². The number of hydrazine groups is 1. The third-order valence-corrected chi connectivity index (χ3v) is 4.24. The van der Waals surface area contributed by atoms with Crippen molar-refractivity contribution in [3.05, 3.63) is 71.3 Å². The van der Waals surface area contributed by atoms with Crippen molar-refractivity contribution in [2.75, 3.05) is 14.1 Å². The lowest BCUT2D eigenvalue weighted by atomic mass is 9.97. The number of aryl methyl sites for hydroxylation is 1. The molecule has 3 heteroatoms. The molecule has 0 bridgehead atoms. The Morgan fingerprint density at radius 3 is 2.43 bits per heavy atom. The van der Waals surface area contributed by atoms with Gasteiger partial charge in [0.25, 0.3) is 0 Å². The molecule has 0 saturated heterocycles. The first kappa shape index (κ1) is 16.0. The van der Waals surface area contributed by atoms with Gasteiger partial charge in [-0.15, -0.1) is 4.68 Å². The molecule has 2 aromatic rings. The fourth-order valence-corrected chi connectivity index (χ4v) is 2.99. The van der Waals surface area contributed by atoms with Gasteiger partial charge >= 0.3 is 0 Å². The summed E-state index contributed by atoms with van der Waals surface area (Å²) < 4.78 is 2.28. The van der Waals surface area contributed by atoms with Crippen molar-refractivity contribution in [2.24, 2.45) is 0 Å². The topological polar surface area (TPSA) is 6.25 Å². The molecule has 0 saturated carbocycles. The first-order valence-corrected chi connectivity index (χ1v) is 7.11. The van der Waals surface area contributed by atoms with E-state index in [2.05, 4.69) is 85.3 Å². The van der Waals surface area contributed by atoms with Crippen LogP contribution >= 0.6 is 0 Å². The third-order valence-electron chi connectivity index (χ3n) is 4.24. The molecule has 0 N–H and O–H groups in total. The van der Waals surface area contributed by atoms with Crippen LogP contribution in [-0.2, 0) is 0 Å². The number of halogens is 1. The second-order valence-corrected chi connectivity index (χ2v) is 5.54. The van der Waals surface area contributed by atoms with Gasteiger partial charge in [0.2, 0.25) is 5.71 Å². The van der Waals surface area contributed by atoms with E-state index in [1.54, 1.807) is 0 Å². The van der Waals surface area contributed by atoms with Crippen molar-refractivity contribution in [3.8, 4) is 0 Å².